The molecule has 4 heteroatoms. The Morgan fingerprint density at radius 1 is 1.53 bits per heavy atom. The summed E-state index contributed by atoms with van der Waals surface area (Å²) >= 11 is 0. The lowest BCUT2D eigenvalue weighted by atomic mass is 10.2. The van der Waals surface area contributed by atoms with Gasteiger partial charge in [0.05, 0.1) is 11.5 Å². The van der Waals surface area contributed by atoms with Gasteiger partial charge in [-0.25, -0.2) is 0 Å². The second kappa shape index (κ2) is 5.78. The minimum atomic E-state index is -0.394. The number of nitrogens with one attached hydrogen (secondary N) is 1. The Morgan fingerprint density at radius 2 is 2.33 bits per heavy atom. The van der Waals surface area contributed by atoms with E-state index in [-0.39, 0.29) is 5.69 Å². The second-order valence-electron chi connectivity index (χ2n) is 2.96. The molecule has 4 nitrogen and oxygen atoms in total. The van der Waals surface area contributed by atoms with Crippen LogP contribution < -0.4 is 5.32 Å². The van der Waals surface area contributed by atoms with Crippen LogP contribution in [-0.4, -0.2) is 11.5 Å². The van der Waals surface area contributed by atoms with Gasteiger partial charge in [0.15, 0.2) is 0 Å². The van der Waals surface area contributed by atoms with E-state index in [2.05, 4.69) is 17.2 Å². The van der Waals surface area contributed by atoms with Gasteiger partial charge < -0.3 is 5.32 Å². The summed E-state index contributed by atoms with van der Waals surface area (Å²) in [6, 6.07) is 6.57. The highest BCUT2D eigenvalue weighted by Gasteiger charge is 2.04. The summed E-state index contributed by atoms with van der Waals surface area (Å²) in [6.07, 6.45) is 0. The zero-order valence-electron chi connectivity index (χ0n) is 8.49. The Kier molecular flexibility index (Phi) is 4.32. The fraction of sp³-hybridized carbons (Fsp3) is 0.273. The highest BCUT2D eigenvalue weighted by atomic mass is 16.6. The number of benzene rings is 1. The maximum Gasteiger partial charge on any atom is 0.269 e. The molecule has 0 aliphatic carbocycles. The van der Waals surface area contributed by atoms with Gasteiger partial charge in [0.1, 0.15) is 0 Å². The Hall–Kier alpha value is -1.86. The standard InChI is InChI=1S/C11H12N2O2/c1-2-3-7-12-9-10-5-4-6-11(8-10)13(14)15/h4-6,8,12H,7,9H2,1H3. The maximum absolute atomic E-state index is 10.5. The van der Waals surface area contributed by atoms with Gasteiger partial charge >= 0.3 is 0 Å². The first-order chi connectivity index (χ1) is 7.24. The zero-order chi connectivity index (χ0) is 11.1. The smallest absolute Gasteiger partial charge is 0.269 e. The average Bonchev–Trinajstić information content (AvgIpc) is 2.25. The molecular formula is C11H12N2O2. The Labute approximate surface area is 88.5 Å². The summed E-state index contributed by atoms with van der Waals surface area (Å²) in [7, 11) is 0. The third kappa shape index (κ3) is 3.79. The Bertz CT molecular complexity index is 405. The average molecular weight is 204 g/mol. The summed E-state index contributed by atoms with van der Waals surface area (Å²) < 4.78 is 0. The molecule has 0 aliphatic heterocycles. The second-order valence-corrected chi connectivity index (χ2v) is 2.96. The molecule has 15 heavy (non-hydrogen) atoms. The molecule has 0 atom stereocenters. The van der Waals surface area contributed by atoms with E-state index in [9.17, 15) is 10.1 Å². The van der Waals surface area contributed by atoms with Gasteiger partial charge in [0.2, 0.25) is 0 Å². The molecule has 0 aliphatic rings. The molecule has 78 valence electrons. The summed E-state index contributed by atoms with van der Waals surface area (Å²) in [5, 5.41) is 13.6. The van der Waals surface area contributed by atoms with Crippen LogP contribution in [0, 0.1) is 22.0 Å². The fourth-order valence-electron chi connectivity index (χ4n) is 1.14. The van der Waals surface area contributed by atoms with Crippen molar-refractivity contribution in [1.82, 2.24) is 5.32 Å². The molecule has 0 radical (unpaired) electrons. The third-order valence-electron chi connectivity index (χ3n) is 1.84. The predicted molar refractivity (Wildman–Crippen MR) is 58.3 cm³/mol. The van der Waals surface area contributed by atoms with E-state index in [1.165, 1.54) is 6.07 Å². The predicted octanol–water partition coefficient (Wildman–Crippen LogP) is 1.71. The molecule has 1 rings (SSSR count). The summed E-state index contributed by atoms with van der Waals surface area (Å²) in [4.78, 5) is 10.1. The molecule has 0 saturated heterocycles. The molecule has 1 aromatic rings. The molecular weight excluding hydrogens is 192 g/mol. The highest BCUT2D eigenvalue weighted by molar-refractivity contribution is 5.34. The van der Waals surface area contributed by atoms with Crippen molar-refractivity contribution in [2.45, 2.75) is 13.5 Å². The first kappa shape index (κ1) is 11.2. The molecule has 0 bridgehead atoms. The van der Waals surface area contributed by atoms with Gasteiger partial charge in [-0.3, -0.25) is 10.1 Å². The van der Waals surface area contributed by atoms with Crippen LogP contribution >= 0.6 is 0 Å². The quantitative estimate of drug-likeness (QED) is 0.351. The van der Waals surface area contributed by atoms with Gasteiger partial charge in [-0.2, -0.15) is 0 Å². The van der Waals surface area contributed by atoms with E-state index in [4.69, 9.17) is 0 Å². The molecule has 1 aromatic carbocycles. The lowest BCUT2D eigenvalue weighted by Gasteiger charge is -2.00. The zero-order valence-corrected chi connectivity index (χ0v) is 8.49. The van der Waals surface area contributed by atoms with Crippen molar-refractivity contribution < 1.29 is 4.92 Å². The number of non-ortho nitro benzene ring substituents is 1. The molecule has 0 spiro atoms. The van der Waals surface area contributed by atoms with Crippen LogP contribution in [0.4, 0.5) is 5.69 Å². The molecule has 0 aromatic heterocycles. The van der Waals surface area contributed by atoms with Crippen LogP contribution in [0.15, 0.2) is 24.3 Å². The van der Waals surface area contributed by atoms with Crippen molar-refractivity contribution in [2.24, 2.45) is 0 Å². The minimum Gasteiger partial charge on any atom is -0.302 e. The van der Waals surface area contributed by atoms with E-state index in [1.807, 2.05) is 6.07 Å². The monoisotopic (exact) mass is 204 g/mol. The molecule has 1 N–H and O–H groups in total. The summed E-state index contributed by atoms with van der Waals surface area (Å²) in [6.45, 7) is 2.96. The Morgan fingerprint density at radius 3 is 3.00 bits per heavy atom. The van der Waals surface area contributed by atoms with Gasteiger partial charge in [0.25, 0.3) is 5.69 Å². The van der Waals surface area contributed by atoms with Crippen LogP contribution in [0.3, 0.4) is 0 Å². The lowest BCUT2D eigenvalue weighted by Crippen LogP contribution is -2.13. The van der Waals surface area contributed by atoms with Crippen LogP contribution in [0.2, 0.25) is 0 Å². The summed E-state index contributed by atoms with van der Waals surface area (Å²) in [5.74, 6) is 5.62. The van der Waals surface area contributed by atoms with Crippen LogP contribution in [0.25, 0.3) is 0 Å². The van der Waals surface area contributed by atoms with Crippen molar-refractivity contribution in [3.8, 4) is 11.8 Å². The molecule has 0 unspecified atom stereocenters. The van der Waals surface area contributed by atoms with Crippen LogP contribution in [0.5, 0.6) is 0 Å². The number of nitrogens with zero attached hydrogens (tertiary/aromatic N) is 1. The van der Waals surface area contributed by atoms with Crippen molar-refractivity contribution in [3.63, 3.8) is 0 Å². The van der Waals surface area contributed by atoms with E-state index in [1.54, 1.807) is 19.1 Å². The third-order valence-corrected chi connectivity index (χ3v) is 1.84. The van der Waals surface area contributed by atoms with Gasteiger partial charge in [-0.1, -0.05) is 18.1 Å². The SMILES string of the molecule is CC#CCNCc1cccc([N+](=O)[O-])c1. The number of hydrogen-bond donors (Lipinski definition) is 1. The van der Waals surface area contributed by atoms with Crippen LogP contribution in [-0.2, 0) is 6.54 Å². The molecule has 0 saturated carbocycles. The first-order valence-corrected chi connectivity index (χ1v) is 4.57. The van der Waals surface area contributed by atoms with Gasteiger partial charge in [-0.05, 0) is 12.5 Å². The maximum atomic E-state index is 10.5. The van der Waals surface area contributed by atoms with Crippen LogP contribution in [0.1, 0.15) is 12.5 Å². The number of rotatable bonds is 4. The molecule has 0 fully saturated rings. The highest BCUT2D eigenvalue weighted by Crippen LogP contribution is 2.12. The minimum absolute atomic E-state index is 0.121. The lowest BCUT2D eigenvalue weighted by molar-refractivity contribution is -0.384. The topological polar surface area (TPSA) is 55.2 Å². The summed E-state index contributed by atoms with van der Waals surface area (Å²) in [5.41, 5.74) is 1.01. The van der Waals surface area contributed by atoms with Crippen molar-refractivity contribution in [2.75, 3.05) is 6.54 Å². The van der Waals surface area contributed by atoms with Gasteiger partial charge in [0, 0.05) is 18.7 Å². The first-order valence-electron chi connectivity index (χ1n) is 4.57. The van der Waals surface area contributed by atoms with Crippen molar-refractivity contribution in [1.29, 1.82) is 0 Å². The van der Waals surface area contributed by atoms with E-state index < -0.39 is 4.92 Å². The Balaban J connectivity index is 2.56. The number of nitro benzene ring substituents is 1. The van der Waals surface area contributed by atoms with Gasteiger partial charge in [-0.15, -0.1) is 5.92 Å². The van der Waals surface area contributed by atoms with E-state index >= 15 is 0 Å². The van der Waals surface area contributed by atoms with E-state index in [0.29, 0.717) is 13.1 Å². The fourth-order valence-corrected chi connectivity index (χ4v) is 1.14. The normalized spacial score (nSPS) is 9.13. The number of nitro groups is 1. The largest absolute Gasteiger partial charge is 0.302 e. The molecule has 0 amide bonds. The van der Waals surface area contributed by atoms with E-state index in [0.717, 1.165) is 5.56 Å². The molecule has 0 heterocycles. The van der Waals surface area contributed by atoms with Crippen molar-refractivity contribution in [3.05, 3.63) is 39.9 Å². The number of hydrogen-bond acceptors (Lipinski definition) is 3. The van der Waals surface area contributed by atoms with Crippen molar-refractivity contribution >= 4 is 5.69 Å².